The number of nitrogens with zero attached hydrogens (tertiary/aromatic N) is 1. The molecule has 25 heavy (non-hydrogen) atoms. The van der Waals surface area contributed by atoms with Gasteiger partial charge in [-0.1, -0.05) is 65.1 Å². The van der Waals surface area contributed by atoms with Crippen LogP contribution in [-0.2, 0) is 25.7 Å². The number of ether oxygens (including phenoxy) is 2. The molecular weight excluding hydrogens is 393 g/mol. The van der Waals surface area contributed by atoms with Crippen molar-refractivity contribution >= 4 is 46.9 Å². The summed E-state index contributed by atoms with van der Waals surface area (Å²) in [5, 5.41) is 1.07. The highest BCUT2D eigenvalue weighted by atomic mass is 35.6. The Morgan fingerprint density at radius 3 is 2.36 bits per heavy atom. The molecule has 0 radical (unpaired) electrons. The Morgan fingerprint density at radius 1 is 1.08 bits per heavy atom. The number of carbonyl (C=O) groups is 2. The topological polar surface area (TPSA) is 65.1 Å². The molecule has 0 unspecified atom stereocenters. The van der Waals surface area contributed by atoms with Gasteiger partial charge in [0.25, 0.3) is 0 Å². The van der Waals surface area contributed by atoms with Gasteiger partial charge in [0.1, 0.15) is 13.2 Å². The summed E-state index contributed by atoms with van der Waals surface area (Å²) in [6, 6.07) is 9.34. The molecule has 0 heterocycles. The molecule has 0 aliphatic rings. The fourth-order valence-corrected chi connectivity index (χ4v) is 1.89. The summed E-state index contributed by atoms with van der Waals surface area (Å²) in [6.45, 7) is 1.64. The number of hydrogen-bond acceptors (Lipinski definition) is 5. The van der Waals surface area contributed by atoms with E-state index >= 15 is 0 Å². The van der Waals surface area contributed by atoms with Crippen molar-refractivity contribution in [2.24, 2.45) is 0 Å². The van der Waals surface area contributed by atoms with Crippen LogP contribution in [0.5, 0.6) is 0 Å². The Hall–Kier alpha value is -1.21. The van der Waals surface area contributed by atoms with Gasteiger partial charge in [0.15, 0.2) is 0 Å². The fourth-order valence-electron chi connectivity index (χ4n) is 1.72. The second kappa shape index (κ2) is 11.4. The maximum absolute atomic E-state index is 12.1. The van der Waals surface area contributed by atoms with Crippen molar-refractivity contribution in [2.45, 2.75) is 30.2 Å². The first kappa shape index (κ1) is 21.8. The maximum Gasteiger partial charge on any atom is 0.434 e. The molecule has 6 nitrogen and oxygen atoms in total. The third kappa shape index (κ3) is 11.1. The summed E-state index contributed by atoms with van der Waals surface area (Å²) in [6.07, 6.45) is 0.364. The number of alkyl halides is 3. The van der Waals surface area contributed by atoms with Gasteiger partial charge in [0.05, 0.1) is 13.2 Å². The Labute approximate surface area is 161 Å². The molecule has 140 valence electrons. The minimum Gasteiger partial charge on any atom is -0.466 e. The second-order valence-corrected chi connectivity index (χ2v) is 7.59. The second-order valence-electron chi connectivity index (χ2n) is 5.08. The van der Waals surface area contributed by atoms with Gasteiger partial charge in [0.2, 0.25) is 3.79 Å². The molecule has 1 aromatic carbocycles. The molecule has 0 fully saturated rings. The van der Waals surface area contributed by atoms with Gasteiger partial charge in [-0.3, -0.25) is 9.63 Å². The summed E-state index contributed by atoms with van der Waals surface area (Å²) in [5.74, 6) is -0.348. The van der Waals surface area contributed by atoms with Crippen LogP contribution in [0.4, 0.5) is 4.79 Å². The van der Waals surface area contributed by atoms with Crippen LogP contribution in [0.15, 0.2) is 30.3 Å². The Morgan fingerprint density at radius 2 is 1.76 bits per heavy atom. The third-order valence-electron chi connectivity index (χ3n) is 2.85. The van der Waals surface area contributed by atoms with Crippen molar-refractivity contribution in [3.63, 3.8) is 0 Å². The van der Waals surface area contributed by atoms with E-state index in [-0.39, 0.29) is 25.7 Å². The van der Waals surface area contributed by atoms with Crippen molar-refractivity contribution in [1.82, 2.24) is 5.06 Å². The zero-order chi connectivity index (χ0) is 18.7. The van der Waals surface area contributed by atoms with Crippen molar-refractivity contribution < 1.29 is 23.9 Å². The molecule has 0 aliphatic carbocycles. The molecule has 1 rings (SSSR count). The van der Waals surface area contributed by atoms with Gasteiger partial charge in [-0.05, 0) is 18.4 Å². The highest BCUT2D eigenvalue weighted by Crippen LogP contribution is 2.26. The number of halogens is 3. The van der Waals surface area contributed by atoms with Crippen LogP contribution in [0.1, 0.15) is 25.3 Å². The number of hydroxylamine groups is 2. The average Bonchev–Trinajstić information content (AvgIpc) is 2.55. The molecule has 0 spiro atoms. The zero-order valence-electron chi connectivity index (χ0n) is 13.8. The molecule has 0 saturated heterocycles. The van der Waals surface area contributed by atoms with Crippen molar-refractivity contribution in [2.75, 3.05) is 19.8 Å². The summed E-state index contributed by atoms with van der Waals surface area (Å²) in [5.41, 5.74) is 0.890. The number of hydrogen-bond donors (Lipinski definition) is 0. The van der Waals surface area contributed by atoms with Crippen LogP contribution in [0, 0.1) is 0 Å². The normalized spacial score (nSPS) is 11.0. The first-order chi connectivity index (χ1) is 11.8. The van der Waals surface area contributed by atoms with E-state index < -0.39 is 16.5 Å². The standard InChI is InChI=1S/C16H20Cl3NO5/c1-13(21)23-10-6-5-9-20(15(22)24-12-16(17,18)19)25-11-14-7-3-2-4-8-14/h2-4,7-8H,5-6,9-12H2,1H3. The largest absolute Gasteiger partial charge is 0.466 e. The monoisotopic (exact) mass is 411 g/mol. The maximum atomic E-state index is 12.1. The first-order valence-electron chi connectivity index (χ1n) is 7.59. The quantitative estimate of drug-likeness (QED) is 0.262. The van der Waals surface area contributed by atoms with E-state index in [1.54, 1.807) is 0 Å². The fraction of sp³-hybridized carbons (Fsp3) is 0.500. The molecule has 0 aromatic heterocycles. The van der Waals surface area contributed by atoms with E-state index in [2.05, 4.69) is 0 Å². The van der Waals surface area contributed by atoms with E-state index in [1.165, 1.54) is 6.92 Å². The Balaban J connectivity index is 2.50. The number of carbonyl (C=O) groups excluding carboxylic acids is 2. The summed E-state index contributed by atoms with van der Waals surface area (Å²) >= 11 is 16.7. The molecule has 0 N–H and O–H groups in total. The number of esters is 1. The van der Waals surface area contributed by atoms with Crippen molar-refractivity contribution in [1.29, 1.82) is 0 Å². The number of unbranched alkanes of at least 4 members (excludes halogenated alkanes) is 1. The average molecular weight is 413 g/mol. The summed E-state index contributed by atoms with van der Waals surface area (Å²) < 4.78 is 8.07. The molecule has 1 amide bonds. The molecule has 0 atom stereocenters. The SMILES string of the molecule is CC(=O)OCCCCN(OCc1ccccc1)C(=O)OCC(Cl)(Cl)Cl. The minimum absolute atomic E-state index is 0.188. The van der Waals surface area contributed by atoms with Crippen LogP contribution in [-0.4, -0.2) is 40.7 Å². The van der Waals surface area contributed by atoms with Crippen molar-refractivity contribution in [3.05, 3.63) is 35.9 Å². The van der Waals surface area contributed by atoms with E-state index in [1.807, 2.05) is 30.3 Å². The van der Waals surface area contributed by atoms with Gasteiger partial charge < -0.3 is 9.47 Å². The van der Waals surface area contributed by atoms with E-state index in [0.717, 1.165) is 10.6 Å². The molecule has 9 heteroatoms. The van der Waals surface area contributed by atoms with Gasteiger partial charge in [0, 0.05) is 6.92 Å². The van der Waals surface area contributed by atoms with Crippen LogP contribution in [0.3, 0.4) is 0 Å². The van der Waals surface area contributed by atoms with Crippen molar-refractivity contribution in [3.8, 4) is 0 Å². The molecule has 0 aliphatic heterocycles. The minimum atomic E-state index is -1.70. The van der Waals surface area contributed by atoms with Crippen LogP contribution in [0.2, 0.25) is 0 Å². The number of rotatable bonds is 9. The molecule has 0 saturated carbocycles. The predicted molar refractivity (Wildman–Crippen MR) is 95.4 cm³/mol. The lowest BCUT2D eigenvalue weighted by Gasteiger charge is -2.22. The van der Waals surface area contributed by atoms with Gasteiger partial charge in [-0.2, -0.15) is 5.06 Å². The lowest BCUT2D eigenvalue weighted by Crippen LogP contribution is -2.34. The van der Waals surface area contributed by atoms with E-state index in [0.29, 0.717) is 12.8 Å². The third-order valence-corrected chi connectivity index (χ3v) is 3.18. The smallest absolute Gasteiger partial charge is 0.434 e. The number of amides is 1. The number of benzene rings is 1. The van der Waals surface area contributed by atoms with Gasteiger partial charge in [-0.15, -0.1) is 0 Å². The Bertz CT molecular complexity index is 536. The van der Waals surface area contributed by atoms with Gasteiger partial charge in [-0.25, -0.2) is 4.79 Å². The lowest BCUT2D eigenvalue weighted by atomic mass is 10.2. The molecule has 1 aromatic rings. The van der Waals surface area contributed by atoms with Crippen LogP contribution in [0.25, 0.3) is 0 Å². The molecular formula is C16H20Cl3NO5. The summed E-state index contributed by atoms with van der Waals surface area (Å²) in [4.78, 5) is 28.3. The first-order valence-corrected chi connectivity index (χ1v) is 8.72. The van der Waals surface area contributed by atoms with E-state index in [4.69, 9.17) is 49.1 Å². The lowest BCUT2D eigenvalue weighted by molar-refractivity contribution is -0.148. The highest BCUT2D eigenvalue weighted by molar-refractivity contribution is 6.67. The van der Waals surface area contributed by atoms with Gasteiger partial charge >= 0.3 is 12.1 Å². The highest BCUT2D eigenvalue weighted by Gasteiger charge is 2.25. The van der Waals surface area contributed by atoms with Crippen LogP contribution < -0.4 is 0 Å². The van der Waals surface area contributed by atoms with E-state index in [9.17, 15) is 9.59 Å². The summed E-state index contributed by atoms with van der Waals surface area (Å²) in [7, 11) is 0. The molecule has 0 bridgehead atoms. The van der Waals surface area contributed by atoms with Crippen LogP contribution >= 0.6 is 34.8 Å². The zero-order valence-corrected chi connectivity index (χ0v) is 16.0. The predicted octanol–water partition coefficient (Wildman–Crippen LogP) is 4.27. The Kier molecular flexibility index (Phi) is 9.97.